The van der Waals surface area contributed by atoms with Crippen molar-refractivity contribution in [3.05, 3.63) is 69.7 Å². The molecule has 1 saturated heterocycles. The predicted octanol–water partition coefficient (Wildman–Crippen LogP) is 5.00. The van der Waals surface area contributed by atoms with Crippen LogP contribution in [0.4, 0.5) is 5.82 Å². The van der Waals surface area contributed by atoms with Gasteiger partial charge < -0.3 is 10.6 Å². The summed E-state index contributed by atoms with van der Waals surface area (Å²) in [6, 6.07) is 9.74. The van der Waals surface area contributed by atoms with E-state index in [4.69, 9.17) is 33.9 Å². The van der Waals surface area contributed by atoms with Gasteiger partial charge >= 0.3 is 0 Å². The summed E-state index contributed by atoms with van der Waals surface area (Å²) >= 11 is 12.6. The average Bonchev–Trinajstić information content (AvgIpc) is 3.02. The summed E-state index contributed by atoms with van der Waals surface area (Å²) in [7, 11) is 0. The normalized spacial score (nSPS) is 19.9. The number of hydrogen-bond donors (Lipinski definition) is 1. The van der Waals surface area contributed by atoms with Crippen molar-refractivity contribution in [1.82, 2.24) is 15.0 Å². The third-order valence-electron chi connectivity index (χ3n) is 6.66. The summed E-state index contributed by atoms with van der Waals surface area (Å²) < 4.78 is 0. The van der Waals surface area contributed by atoms with Crippen LogP contribution in [0.5, 0.6) is 0 Å². The van der Waals surface area contributed by atoms with Crippen LogP contribution in [0.2, 0.25) is 10.0 Å². The van der Waals surface area contributed by atoms with Gasteiger partial charge in [-0.25, -0.2) is 4.98 Å². The van der Waals surface area contributed by atoms with E-state index in [1.165, 1.54) is 5.56 Å². The molecule has 5 nitrogen and oxygen atoms in total. The summed E-state index contributed by atoms with van der Waals surface area (Å²) in [6.07, 6.45) is 6.71. The molecular formula is C23H23Cl2N5. The number of nitrogens with zero attached hydrogens (tertiary/aromatic N) is 4. The van der Waals surface area contributed by atoms with Crippen LogP contribution in [0.15, 0.2) is 42.7 Å². The maximum Gasteiger partial charge on any atom is 0.147 e. The van der Waals surface area contributed by atoms with Crippen molar-refractivity contribution in [2.24, 2.45) is 11.1 Å². The van der Waals surface area contributed by atoms with Crippen LogP contribution in [-0.4, -0.2) is 28.0 Å². The molecule has 0 bridgehead atoms. The van der Waals surface area contributed by atoms with Crippen molar-refractivity contribution < 1.29 is 0 Å². The van der Waals surface area contributed by atoms with Crippen LogP contribution >= 0.6 is 23.2 Å². The van der Waals surface area contributed by atoms with Gasteiger partial charge in [0.1, 0.15) is 5.82 Å². The quantitative estimate of drug-likeness (QED) is 0.608. The lowest BCUT2D eigenvalue weighted by atomic mass is 9.73. The van der Waals surface area contributed by atoms with Crippen molar-refractivity contribution in [2.45, 2.75) is 32.2 Å². The molecule has 1 aliphatic carbocycles. The minimum atomic E-state index is 0.0588. The van der Waals surface area contributed by atoms with E-state index in [9.17, 15) is 0 Å². The molecule has 1 aromatic carbocycles. The van der Waals surface area contributed by atoms with E-state index in [2.05, 4.69) is 20.9 Å². The number of hydrogen-bond acceptors (Lipinski definition) is 5. The third kappa shape index (κ3) is 3.16. The maximum atomic E-state index is 6.67. The van der Waals surface area contributed by atoms with Crippen molar-refractivity contribution in [1.29, 1.82) is 0 Å². The number of fused-ring (bicyclic) bond motifs is 1. The minimum Gasteiger partial charge on any atom is -0.355 e. The van der Waals surface area contributed by atoms with Gasteiger partial charge in [-0.15, -0.1) is 0 Å². The molecule has 2 aliphatic rings. The first-order valence-corrected chi connectivity index (χ1v) is 11.0. The number of anilines is 1. The predicted molar refractivity (Wildman–Crippen MR) is 121 cm³/mol. The molecule has 1 atom stereocenters. The fourth-order valence-corrected chi connectivity index (χ4v) is 5.29. The smallest absolute Gasteiger partial charge is 0.147 e. The zero-order valence-electron chi connectivity index (χ0n) is 16.8. The Hall–Kier alpha value is -2.21. The Morgan fingerprint density at radius 2 is 1.90 bits per heavy atom. The van der Waals surface area contributed by atoms with E-state index in [-0.39, 0.29) is 11.5 Å². The summed E-state index contributed by atoms with van der Waals surface area (Å²) in [6.45, 7) is 3.78. The highest BCUT2D eigenvalue weighted by atomic mass is 35.5. The molecule has 0 radical (unpaired) electrons. The fourth-order valence-electron chi connectivity index (χ4n) is 4.90. The standard InChI is InChI=1S/C23H23Cl2N5/c1-14-21(16-4-2-6-17(24)20(16)25)28-13-19(29-14)30-10-7-23(8-11-30)12-18-15(22(23)26)5-3-9-27-18/h2-6,9,13,22H,7-8,10-12,26H2,1H3/t22-/m1/s1. The number of aryl methyl sites for hydroxylation is 1. The molecule has 3 aromatic rings. The van der Waals surface area contributed by atoms with Crippen LogP contribution in [0, 0.1) is 12.3 Å². The Kier molecular flexibility index (Phi) is 4.92. The van der Waals surface area contributed by atoms with E-state index in [1.54, 1.807) is 6.07 Å². The Balaban J connectivity index is 1.35. The van der Waals surface area contributed by atoms with Crippen molar-refractivity contribution in [3.8, 4) is 11.3 Å². The Morgan fingerprint density at radius 1 is 1.10 bits per heavy atom. The van der Waals surface area contributed by atoms with E-state index < -0.39 is 0 Å². The van der Waals surface area contributed by atoms with E-state index in [0.29, 0.717) is 10.0 Å². The van der Waals surface area contributed by atoms with E-state index in [1.807, 2.05) is 37.5 Å². The summed E-state index contributed by atoms with van der Waals surface area (Å²) in [4.78, 5) is 16.4. The molecule has 2 aromatic heterocycles. The molecule has 0 unspecified atom stereocenters. The monoisotopic (exact) mass is 439 g/mol. The highest BCUT2D eigenvalue weighted by molar-refractivity contribution is 6.43. The number of pyridine rings is 1. The van der Waals surface area contributed by atoms with Crippen molar-refractivity contribution in [2.75, 3.05) is 18.0 Å². The van der Waals surface area contributed by atoms with Crippen molar-refractivity contribution in [3.63, 3.8) is 0 Å². The molecule has 2 N–H and O–H groups in total. The summed E-state index contributed by atoms with van der Waals surface area (Å²) in [5.74, 6) is 0.895. The lowest BCUT2D eigenvalue weighted by Gasteiger charge is -2.42. The fraction of sp³-hybridized carbons (Fsp3) is 0.348. The van der Waals surface area contributed by atoms with Crippen LogP contribution < -0.4 is 10.6 Å². The molecule has 0 saturated carbocycles. The van der Waals surface area contributed by atoms with Gasteiger partial charge in [-0.2, -0.15) is 0 Å². The molecule has 154 valence electrons. The SMILES string of the molecule is Cc1nc(N2CCC3(CC2)Cc2ncccc2[C@H]3N)cnc1-c1cccc(Cl)c1Cl. The molecule has 30 heavy (non-hydrogen) atoms. The van der Waals surface area contributed by atoms with Gasteiger partial charge in [0.25, 0.3) is 0 Å². The summed E-state index contributed by atoms with van der Waals surface area (Å²) in [5, 5.41) is 1.02. The molecule has 1 aliphatic heterocycles. The second kappa shape index (κ2) is 7.49. The average molecular weight is 440 g/mol. The second-order valence-corrected chi connectivity index (χ2v) is 9.09. The van der Waals surface area contributed by atoms with Gasteiger partial charge in [0.05, 0.1) is 27.6 Å². The number of nitrogens with two attached hydrogens (primary N) is 1. The third-order valence-corrected chi connectivity index (χ3v) is 7.48. The zero-order chi connectivity index (χ0) is 20.9. The van der Waals surface area contributed by atoms with Crippen LogP contribution in [-0.2, 0) is 6.42 Å². The van der Waals surface area contributed by atoms with Gasteiger partial charge in [0, 0.05) is 36.6 Å². The lowest BCUT2D eigenvalue weighted by molar-refractivity contribution is 0.186. The molecule has 1 fully saturated rings. The Bertz CT molecular complexity index is 1110. The lowest BCUT2D eigenvalue weighted by Crippen LogP contribution is -2.44. The molecule has 7 heteroatoms. The Morgan fingerprint density at radius 3 is 2.63 bits per heavy atom. The maximum absolute atomic E-state index is 6.67. The number of rotatable bonds is 2. The van der Waals surface area contributed by atoms with E-state index in [0.717, 1.165) is 60.8 Å². The summed E-state index contributed by atoms with van der Waals surface area (Å²) in [5.41, 5.74) is 11.6. The molecule has 3 heterocycles. The number of aromatic nitrogens is 3. The first-order valence-electron chi connectivity index (χ1n) is 10.2. The van der Waals surface area contributed by atoms with Gasteiger partial charge in [0.15, 0.2) is 0 Å². The highest BCUT2D eigenvalue weighted by Crippen LogP contribution is 2.50. The van der Waals surface area contributed by atoms with Gasteiger partial charge in [-0.1, -0.05) is 41.4 Å². The van der Waals surface area contributed by atoms with Crippen LogP contribution in [0.1, 0.15) is 35.8 Å². The minimum absolute atomic E-state index is 0.0588. The molecular weight excluding hydrogens is 417 g/mol. The first kappa shape index (κ1) is 19.7. The largest absolute Gasteiger partial charge is 0.355 e. The highest BCUT2D eigenvalue weighted by Gasteiger charge is 2.46. The van der Waals surface area contributed by atoms with Gasteiger partial charge in [-0.05, 0) is 49.3 Å². The van der Waals surface area contributed by atoms with Crippen molar-refractivity contribution >= 4 is 29.0 Å². The van der Waals surface area contributed by atoms with Gasteiger partial charge in [0.2, 0.25) is 0 Å². The number of piperidine rings is 1. The molecule has 1 spiro atoms. The van der Waals surface area contributed by atoms with Gasteiger partial charge in [-0.3, -0.25) is 9.97 Å². The second-order valence-electron chi connectivity index (χ2n) is 8.31. The van der Waals surface area contributed by atoms with E-state index >= 15 is 0 Å². The Labute approximate surface area is 186 Å². The molecule has 0 amide bonds. The molecule has 5 rings (SSSR count). The zero-order valence-corrected chi connectivity index (χ0v) is 18.3. The number of halogens is 2. The number of benzene rings is 1. The topological polar surface area (TPSA) is 67.9 Å². The first-order chi connectivity index (χ1) is 14.5. The van der Waals surface area contributed by atoms with Crippen LogP contribution in [0.25, 0.3) is 11.3 Å². The van der Waals surface area contributed by atoms with Crippen LogP contribution in [0.3, 0.4) is 0 Å².